The average Bonchev–Trinajstić information content (AvgIpc) is 2.38. The summed E-state index contributed by atoms with van der Waals surface area (Å²) >= 11 is 0. The molecule has 1 N–H and O–H groups in total. The van der Waals surface area contributed by atoms with Crippen LogP contribution >= 0.6 is 0 Å². The fraction of sp³-hybridized carbons (Fsp3) is 0.250. The van der Waals surface area contributed by atoms with E-state index in [1.165, 1.54) is 5.56 Å². The summed E-state index contributed by atoms with van der Waals surface area (Å²) < 4.78 is 0. The molecule has 0 radical (unpaired) electrons. The van der Waals surface area contributed by atoms with Crippen LogP contribution in [-0.2, 0) is 6.42 Å². The Morgan fingerprint density at radius 1 is 1.12 bits per heavy atom. The Hall–Kier alpha value is -1.81. The summed E-state index contributed by atoms with van der Waals surface area (Å²) in [6, 6.07) is 5.98. The molecule has 2 rings (SSSR count). The second-order valence-corrected chi connectivity index (χ2v) is 3.51. The Balaban J connectivity index is 2.13. The molecule has 1 atom stereocenters. The lowest BCUT2D eigenvalue weighted by atomic mass is 10.1. The van der Waals surface area contributed by atoms with E-state index in [4.69, 9.17) is 0 Å². The Kier molecular flexibility index (Phi) is 3.56. The second kappa shape index (κ2) is 5.32. The lowest BCUT2D eigenvalue weighted by molar-refractivity contribution is 0.557. The Morgan fingerprint density at radius 2 is 1.81 bits per heavy atom. The maximum Gasteiger partial charge on any atom is 0.145 e. The zero-order valence-electron chi connectivity index (χ0n) is 9.17. The fourth-order valence-electron chi connectivity index (χ4n) is 1.57. The van der Waals surface area contributed by atoms with Crippen molar-refractivity contribution < 1.29 is 0 Å². The van der Waals surface area contributed by atoms with Gasteiger partial charge in [0.05, 0.1) is 6.04 Å². The molecule has 82 valence electrons. The van der Waals surface area contributed by atoms with Crippen LogP contribution in [0.4, 0.5) is 0 Å². The summed E-state index contributed by atoms with van der Waals surface area (Å²) in [6.45, 7) is 0. The van der Waals surface area contributed by atoms with E-state index in [-0.39, 0.29) is 6.04 Å². The molecular weight excluding hydrogens is 200 g/mol. The number of nitrogens with zero attached hydrogens (tertiary/aromatic N) is 3. The minimum Gasteiger partial charge on any atom is -0.310 e. The van der Waals surface area contributed by atoms with Crippen LogP contribution in [0.3, 0.4) is 0 Å². The zero-order valence-corrected chi connectivity index (χ0v) is 9.17. The van der Waals surface area contributed by atoms with Gasteiger partial charge in [0.1, 0.15) is 5.82 Å². The normalized spacial score (nSPS) is 12.3. The van der Waals surface area contributed by atoms with Gasteiger partial charge in [-0.15, -0.1) is 0 Å². The van der Waals surface area contributed by atoms with Gasteiger partial charge in [0.15, 0.2) is 0 Å². The molecule has 0 aromatic carbocycles. The molecule has 0 aliphatic carbocycles. The minimum absolute atomic E-state index is 0.142. The van der Waals surface area contributed by atoms with Crippen molar-refractivity contribution in [3.8, 4) is 0 Å². The van der Waals surface area contributed by atoms with Gasteiger partial charge in [-0.1, -0.05) is 0 Å². The maximum absolute atomic E-state index is 4.26. The SMILES string of the molecule is CNC(Cc1ccncc1)c1ncccn1. The molecule has 0 aliphatic heterocycles. The van der Waals surface area contributed by atoms with Crippen LogP contribution in [0.2, 0.25) is 0 Å². The summed E-state index contributed by atoms with van der Waals surface area (Å²) in [4.78, 5) is 12.5. The Morgan fingerprint density at radius 3 is 2.44 bits per heavy atom. The van der Waals surface area contributed by atoms with Gasteiger partial charge in [-0.25, -0.2) is 9.97 Å². The van der Waals surface area contributed by atoms with Gasteiger partial charge in [0.2, 0.25) is 0 Å². The second-order valence-electron chi connectivity index (χ2n) is 3.51. The summed E-state index contributed by atoms with van der Waals surface area (Å²) in [6.07, 6.45) is 7.99. The van der Waals surface area contributed by atoms with Gasteiger partial charge in [0, 0.05) is 24.8 Å². The molecule has 0 bridgehead atoms. The first-order valence-corrected chi connectivity index (χ1v) is 5.23. The number of rotatable bonds is 4. The molecule has 0 amide bonds. The molecule has 0 fully saturated rings. The molecule has 4 heteroatoms. The van der Waals surface area contributed by atoms with Gasteiger partial charge >= 0.3 is 0 Å². The number of aromatic nitrogens is 3. The first kappa shape index (κ1) is 10.7. The molecule has 1 unspecified atom stereocenters. The number of likely N-dealkylation sites (N-methyl/N-ethyl adjacent to an activating group) is 1. The highest BCUT2D eigenvalue weighted by molar-refractivity contribution is 5.13. The summed E-state index contributed by atoms with van der Waals surface area (Å²) in [5, 5.41) is 3.22. The van der Waals surface area contributed by atoms with Crippen molar-refractivity contribution in [2.24, 2.45) is 0 Å². The van der Waals surface area contributed by atoms with Crippen LogP contribution < -0.4 is 5.32 Å². The minimum atomic E-state index is 0.142. The number of nitrogens with one attached hydrogen (secondary N) is 1. The fourth-order valence-corrected chi connectivity index (χ4v) is 1.57. The Bertz CT molecular complexity index is 416. The van der Waals surface area contributed by atoms with Crippen molar-refractivity contribution in [1.82, 2.24) is 20.3 Å². The third-order valence-electron chi connectivity index (χ3n) is 2.44. The molecule has 0 saturated carbocycles. The quantitative estimate of drug-likeness (QED) is 0.835. The van der Waals surface area contributed by atoms with Crippen molar-refractivity contribution in [3.05, 3.63) is 54.4 Å². The summed E-state index contributed by atoms with van der Waals surface area (Å²) in [5.41, 5.74) is 1.22. The zero-order chi connectivity index (χ0) is 11.2. The predicted octanol–water partition coefficient (Wildman–Crippen LogP) is 1.37. The van der Waals surface area contributed by atoms with Gasteiger partial charge in [-0.2, -0.15) is 0 Å². The lowest BCUT2D eigenvalue weighted by Gasteiger charge is -2.14. The number of hydrogen-bond acceptors (Lipinski definition) is 4. The van der Waals surface area contributed by atoms with Crippen molar-refractivity contribution >= 4 is 0 Å². The van der Waals surface area contributed by atoms with Crippen molar-refractivity contribution in [1.29, 1.82) is 0 Å². The molecule has 4 nitrogen and oxygen atoms in total. The van der Waals surface area contributed by atoms with Crippen molar-refractivity contribution in [3.63, 3.8) is 0 Å². The monoisotopic (exact) mass is 214 g/mol. The highest BCUT2D eigenvalue weighted by Gasteiger charge is 2.11. The largest absolute Gasteiger partial charge is 0.310 e. The van der Waals surface area contributed by atoms with Crippen LogP contribution in [0.5, 0.6) is 0 Å². The standard InChI is InChI=1S/C12H14N4/c1-13-11(12-15-5-2-6-16-12)9-10-3-7-14-8-4-10/h2-8,11,13H,9H2,1H3. The molecular formula is C12H14N4. The first-order chi connectivity index (χ1) is 7.90. The van der Waals surface area contributed by atoms with Gasteiger partial charge in [0.25, 0.3) is 0 Å². The van der Waals surface area contributed by atoms with Crippen molar-refractivity contribution in [2.75, 3.05) is 7.05 Å². The van der Waals surface area contributed by atoms with Crippen molar-refractivity contribution in [2.45, 2.75) is 12.5 Å². The summed E-state index contributed by atoms with van der Waals surface area (Å²) in [7, 11) is 1.92. The number of pyridine rings is 1. The molecule has 2 aromatic rings. The molecule has 0 saturated heterocycles. The predicted molar refractivity (Wildman–Crippen MR) is 61.8 cm³/mol. The van der Waals surface area contributed by atoms with Crippen LogP contribution in [0.1, 0.15) is 17.4 Å². The topological polar surface area (TPSA) is 50.7 Å². The van der Waals surface area contributed by atoms with Gasteiger partial charge < -0.3 is 5.32 Å². The first-order valence-electron chi connectivity index (χ1n) is 5.23. The molecule has 0 aliphatic rings. The van der Waals surface area contributed by atoms with E-state index < -0.39 is 0 Å². The van der Waals surface area contributed by atoms with Crippen LogP contribution in [0, 0.1) is 0 Å². The lowest BCUT2D eigenvalue weighted by Crippen LogP contribution is -2.21. The van der Waals surface area contributed by atoms with E-state index >= 15 is 0 Å². The molecule has 0 spiro atoms. The molecule has 2 aromatic heterocycles. The van der Waals surface area contributed by atoms with E-state index in [0.29, 0.717) is 0 Å². The third-order valence-corrected chi connectivity index (χ3v) is 2.44. The Labute approximate surface area is 94.8 Å². The van der Waals surface area contributed by atoms with Crippen LogP contribution in [0.15, 0.2) is 43.0 Å². The van der Waals surface area contributed by atoms with E-state index in [9.17, 15) is 0 Å². The molecule has 2 heterocycles. The number of hydrogen-bond donors (Lipinski definition) is 1. The van der Waals surface area contributed by atoms with Gasteiger partial charge in [-0.05, 0) is 37.2 Å². The molecule has 16 heavy (non-hydrogen) atoms. The highest BCUT2D eigenvalue weighted by atomic mass is 15.0. The average molecular weight is 214 g/mol. The van der Waals surface area contributed by atoms with Gasteiger partial charge in [-0.3, -0.25) is 4.98 Å². The smallest absolute Gasteiger partial charge is 0.145 e. The van der Waals surface area contributed by atoms with Crippen LogP contribution in [-0.4, -0.2) is 22.0 Å². The maximum atomic E-state index is 4.26. The van der Waals surface area contributed by atoms with Crippen LogP contribution in [0.25, 0.3) is 0 Å². The highest BCUT2D eigenvalue weighted by Crippen LogP contribution is 2.13. The van der Waals surface area contributed by atoms with E-state index in [1.807, 2.05) is 25.2 Å². The van der Waals surface area contributed by atoms with E-state index in [0.717, 1.165) is 12.2 Å². The third kappa shape index (κ3) is 2.61. The van der Waals surface area contributed by atoms with E-state index in [1.54, 1.807) is 24.8 Å². The van der Waals surface area contributed by atoms with E-state index in [2.05, 4.69) is 20.3 Å². The summed E-state index contributed by atoms with van der Waals surface area (Å²) in [5.74, 6) is 0.821.